The summed E-state index contributed by atoms with van der Waals surface area (Å²) in [5, 5.41) is 3.31. The van der Waals surface area contributed by atoms with Gasteiger partial charge in [-0.05, 0) is 37.5 Å². The van der Waals surface area contributed by atoms with Crippen LogP contribution < -0.4 is 5.32 Å². The number of hydrogen-bond donors (Lipinski definition) is 1. The minimum Gasteiger partial charge on any atom is -0.326 e. The zero-order valence-corrected chi connectivity index (χ0v) is 12.2. The minimum absolute atomic E-state index is 0.0571. The van der Waals surface area contributed by atoms with E-state index >= 15 is 0 Å². The normalized spacial score (nSPS) is 21.9. The number of sulfone groups is 1. The maximum atomic E-state index is 12.0. The van der Waals surface area contributed by atoms with Crippen molar-refractivity contribution in [3.8, 4) is 0 Å². The van der Waals surface area contributed by atoms with Gasteiger partial charge in [-0.15, -0.1) is 0 Å². The number of carbonyl (C=O) groups excluding carboxylic acids is 1. The number of aryl methyl sites for hydroxylation is 1. The summed E-state index contributed by atoms with van der Waals surface area (Å²) < 4.78 is 23.0. The van der Waals surface area contributed by atoms with E-state index in [4.69, 9.17) is 11.6 Å². The molecule has 1 aromatic carbocycles. The second-order valence-electron chi connectivity index (χ2n) is 4.91. The molecule has 19 heavy (non-hydrogen) atoms. The van der Waals surface area contributed by atoms with Gasteiger partial charge >= 0.3 is 0 Å². The molecule has 4 nitrogen and oxygen atoms in total. The molecule has 0 radical (unpaired) electrons. The molecular weight excluding hydrogens is 286 g/mol. The Balaban J connectivity index is 2.06. The van der Waals surface area contributed by atoms with Gasteiger partial charge in [0, 0.05) is 10.7 Å². The van der Waals surface area contributed by atoms with Crippen LogP contribution in [0.5, 0.6) is 0 Å². The van der Waals surface area contributed by atoms with E-state index in [2.05, 4.69) is 5.32 Å². The van der Waals surface area contributed by atoms with Crippen LogP contribution in [0.4, 0.5) is 5.69 Å². The summed E-state index contributed by atoms with van der Waals surface area (Å²) in [7, 11) is -3.07. The molecule has 1 fully saturated rings. The minimum atomic E-state index is -3.07. The fourth-order valence-corrected chi connectivity index (χ4v) is 4.03. The van der Waals surface area contributed by atoms with E-state index in [-0.39, 0.29) is 17.4 Å². The molecule has 0 spiro atoms. The van der Waals surface area contributed by atoms with Gasteiger partial charge < -0.3 is 5.32 Å². The molecule has 0 bridgehead atoms. The van der Waals surface area contributed by atoms with Crippen LogP contribution in [-0.2, 0) is 14.6 Å². The molecule has 1 saturated heterocycles. The average Bonchev–Trinajstić information content (AvgIpc) is 2.32. The molecule has 1 amide bonds. The summed E-state index contributed by atoms with van der Waals surface area (Å²) in [6.45, 7) is 1.88. The molecule has 1 N–H and O–H groups in total. The zero-order valence-electron chi connectivity index (χ0n) is 10.6. The highest BCUT2D eigenvalue weighted by Gasteiger charge is 2.29. The van der Waals surface area contributed by atoms with Crippen LogP contribution in [0.15, 0.2) is 18.2 Å². The monoisotopic (exact) mass is 301 g/mol. The van der Waals surface area contributed by atoms with Crippen LogP contribution in [0.25, 0.3) is 0 Å². The summed E-state index contributed by atoms with van der Waals surface area (Å²) in [5.74, 6) is -0.576. The van der Waals surface area contributed by atoms with Gasteiger partial charge in [-0.3, -0.25) is 4.79 Å². The average molecular weight is 302 g/mol. The first-order valence-corrected chi connectivity index (χ1v) is 8.35. The van der Waals surface area contributed by atoms with Crippen molar-refractivity contribution >= 4 is 33.0 Å². The number of benzene rings is 1. The molecule has 1 unspecified atom stereocenters. The summed E-state index contributed by atoms with van der Waals surface area (Å²) in [6, 6.07) is 5.25. The number of nitrogens with one attached hydrogen (secondary N) is 1. The van der Waals surface area contributed by atoms with Crippen molar-refractivity contribution in [2.45, 2.75) is 19.8 Å². The van der Waals surface area contributed by atoms with Crippen molar-refractivity contribution in [3.63, 3.8) is 0 Å². The van der Waals surface area contributed by atoms with Gasteiger partial charge in [0.15, 0.2) is 9.84 Å². The predicted octanol–water partition coefficient (Wildman–Crippen LogP) is 2.41. The lowest BCUT2D eigenvalue weighted by atomic mass is 10.0. The lowest BCUT2D eigenvalue weighted by molar-refractivity contribution is -0.119. The van der Waals surface area contributed by atoms with Crippen molar-refractivity contribution in [1.29, 1.82) is 0 Å². The highest BCUT2D eigenvalue weighted by molar-refractivity contribution is 7.91. The van der Waals surface area contributed by atoms with Crippen molar-refractivity contribution in [1.82, 2.24) is 0 Å². The third kappa shape index (κ3) is 3.70. The maximum Gasteiger partial charge on any atom is 0.228 e. The van der Waals surface area contributed by atoms with Crippen molar-refractivity contribution in [2.24, 2.45) is 5.92 Å². The van der Waals surface area contributed by atoms with E-state index in [1.54, 1.807) is 12.1 Å². The molecule has 1 aliphatic heterocycles. The van der Waals surface area contributed by atoms with Crippen molar-refractivity contribution < 1.29 is 13.2 Å². The number of rotatable bonds is 2. The van der Waals surface area contributed by atoms with E-state index in [0.717, 1.165) is 5.56 Å². The molecule has 1 aromatic rings. The number of carbonyl (C=O) groups is 1. The molecule has 1 aliphatic rings. The summed E-state index contributed by atoms with van der Waals surface area (Å²) in [6.07, 6.45) is 1.17. The topological polar surface area (TPSA) is 63.2 Å². The molecule has 104 valence electrons. The fourth-order valence-electron chi connectivity index (χ4n) is 2.14. The smallest absolute Gasteiger partial charge is 0.228 e. The SMILES string of the molecule is Cc1ccc(NC(=O)C2CCCS(=O)(=O)C2)cc1Cl. The maximum absolute atomic E-state index is 12.0. The quantitative estimate of drug-likeness (QED) is 0.912. The van der Waals surface area contributed by atoms with Gasteiger partial charge in [-0.1, -0.05) is 17.7 Å². The highest BCUT2D eigenvalue weighted by Crippen LogP contribution is 2.23. The molecule has 1 atom stereocenters. The Kier molecular flexibility index (Phi) is 4.16. The Labute approximate surface area is 118 Å². The Morgan fingerprint density at radius 1 is 1.42 bits per heavy atom. The van der Waals surface area contributed by atoms with E-state index in [1.165, 1.54) is 0 Å². The van der Waals surface area contributed by atoms with Gasteiger partial charge in [-0.2, -0.15) is 0 Å². The van der Waals surface area contributed by atoms with Crippen LogP contribution in [0, 0.1) is 12.8 Å². The first kappa shape index (κ1) is 14.3. The van der Waals surface area contributed by atoms with Crippen LogP contribution in [0.2, 0.25) is 5.02 Å². The Hall–Kier alpha value is -1.07. The Morgan fingerprint density at radius 3 is 2.79 bits per heavy atom. The Bertz CT molecular complexity index is 598. The molecule has 0 saturated carbocycles. The molecule has 1 heterocycles. The van der Waals surface area contributed by atoms with Gasteiger partial charge in [0.25, 0.3) is 0 Å². The molecular formula is C13H16ClNO3S. The number of anilines is 1. The largest absolute Gasteiger partial charge is 0.326 e. The van der Waals surface area contributed by atoms with Gasteiger partial charge in [0.2, 0.25) is 5.91 Å². The van der Waals surface area contributed by atoms with E-state index in [1.807, 2.05) is 13.0 Å². The summed E-state index contributed by atoms with van der Waals surface area (Å²) in [4.78, 5) is 12.0. The lowest BCUT2D eigenvalue weighted by Crippen LogP contribution is -2.34. The Morgan fingerprint density at radius 2 is 2.16 bits per heavy atom. The van der Waals surface area contributed by atoms with Gasteiger partial charge in [-0.25, -0.2) is 8.42 Å². The first-order valence-electron chi connectivity index (χ1n) is 6.15. The molecule has 0 aromatic heterocycles. The van der Waals surface area contributed by atoms with Crippen LogP contribution >= 0.6 is 11.6 Å². The van der Waals surface area contributed by atoms with Crippen molar-refractivity contribution in [2.75, 3.05) is 16.8 Å². The fraction of sp³-hybridized carbons (Fsp3) is 0.462. The second kappa shape index (κ2) is 5.51. The molecule has 2 rings (SSSR count). The van der Waals surface area contributed by atoms with Crippen molar-refractivity contribution in [3.05, 3.63) is 28.8 Å². The standard InChI is InChI=1S/C13H16ClNO3S/c1-9-4-5-11(7-12(9)14)15-13(16)10-3-2-6-19(17,18)8-10/h4-5,7,10H,2-3,6,8H2,1H3,(H,15,16). The molecule has 0 aliphatic carbocycles. The molecule has 6 heteroatoms. The number of amides is 1. The van der Waals surface area contributed by atoms with E-state index in [0.29, 0.717) is 23.6 Å². The number of hydrogen-bond acceptors (Lipinski definition) is 3. The van der Waals surface area contributed by atoms with Crippen LogP contribution in [0.1, 0.15) is 18.4 Å². The summed E-state index contributed by atoms with van der Waals surface area (Å²) >= 11 is 5.98. The van der Waals surface area contributed by atoms with Gasteiger partial charge in [0.1, 0.15) is 0 Å². The first-order chi connectivity index (χ1) is 8.87. The third-order valence-electron chi connectivity index (χ3n) is 3.27. The van der Waals surface area contributed by atoms with E-state index in [9.17, 15) is 13.2 Å². The van der Waals surface area contributed by atoms with E-state index < -0.39 is 15.8 Å². The highest BCUT2D eigenvalue weighted by atomic mass is 35.5. The number of halogens is 1. The predicted molar refractivity (Wildman–Crippen MR) is 76.2 cm³/mol. The second-order valence-corrected chi connectivity index (χ2v) is 7.54. The third-order valence-corrected chi connectivity index (χ3v) is 5.50. The van der Waals surface area contributed by atoms with Gasteiger partial charge in [0.05, 0.1) is 17.4 Å². The zero-order chi connectivity index (χ0) is 14.0. The van der Waals surface area contributed by atoms with Crippen LogP contribution in [-0.4, -0.2) is 25.8 Å². The summed E-state index contributed by atoms with van der Waals surface area (Å²) in [5.41, 5.74) is 1.53. The lowest BCUT2D eigenvalue weighted by Gasteiger charge is -2.21. The van der Waals surface area contributed by atoms with Crippen LogP contribution in [0.3, 0.4) is 0 Å².